The number of carbonyl (C=O) groups excluding carboxylic acids is 2. The van der Waals surface area contributed by atoms with Crippen molar-refractivity contribution in [2.45, 2.75) is 6.54 Å². The van der Waals surface area contributed by atoms with Crippen molar-refractivity contribution in [1.29, 1.82) is 0 Å². The van der Waals surface area contributed by atoms with Crippen molar-refractivity contribution in [2.75, 3.05) is 6.54 Å². The molecule has 2 rings (SSSR count). The molecule has 0 saturated heterocycles. The molecule has 0 aliphatic rings. The summed E-state index contributed by atoms with van der Waals surface area (Å²) >= 11 is 17.6. The molecule has 0 bridgehead atoms. The third-order valence-electron chi connectivity index (χ3n) is 2.96. The molecule has 0 aromatic heterocycles. The lowest BCUT2D eigenvalue weighted by atomic mass is 10.2. The number of halogens is 3. The van der Waals surface area contributed by atoms with Crippen LogP contribution in [-0.4, -0.2) is 18.4 Å². The van der Waals surface area contributed by atoms with Crippen LogP contribution in [-0.2, 0) is 11.3 Å². The molecule has 2 aromatic rings. The molecule has 0 aliphatic carbocycles. The molecule has 0 spiro atoms. The monoisotopic (exact) mass is 370 g/mol. The van der Waals surface area contributed by atoms with Gasteiger partial charge in [-0.2, -0.15) is 0 Å². The van der Waals surface area contributed by atoms with Gasteiger partial charge in [0.05, 0.1) is 17.1 Å². The zero-order chi connectivity index (χ0) is 16.8. The Morgan fingerprint density at radius 3 is 2.35 bits per heavy atom. The van der Waals surface area contributed by atoms with E-state index < -0.39 is 5.91 Å². The van der Waals surface area contributed by atoms with Crippen LogP contribution in [0.1, 0.15) is 15.9 Å². The Morgan fingerprint density at radius 1 is 0.913 bits per heavy atom. The van der Waals surface area contributed by atoms with Crippen LogP contribution in [0.5, 0.6) is 0 Å². The number of carbonyl (C=O) groups is 2. The molecule has 0 unspecified atom stereocenters. The second-order valence-electron chi connectivity index (χ2n) is 4.71. The first kappa shape index (κ1) is 17.6. The summed E-state index contributed by atoms with van der Waals surface area (Å²) in [6, 6.07) is 11.7. The van der Waals surface area contributed by atoms with E-state index in [1.807, 2.05) is 6.07 Å². The molecule has 2 N–H and O–H groups in total. The van der Waals surface area contributed by atoms with Gasteiger partial charge >= 0.3 is 0 Å². The molecule has 0 aliphatic heterocycles. The molecule has 0 atom stereocenters. The number of hydrogen-bond acceptors (Lipinski definition) is 2. The van der Waals surface area contributed by atoms with Crippen molar-refractivity contribution in [3.8, 4) is 0 Å². The Morgan fingerprint density at radius 2 is 1.65 bits per heavy atom. The van der Waals surface area contributed by atoms with Crippen molar-refractivity contribution >= 4 is 46.6 Å². The van der Waals surface area contributed by atoms with Crippen molar-refractivity contribution in [3.05, 3.63) is 68.7 Å². The number of rotatable bonds is 5. The summed E-state index contributed by atoms with van der Waals surface area (Å²) in [5.74, 6) is -0.756. The molecule has 7 heteroatoms. The van der Waals surface area contributed by atoms with E-state index in [1.54, 1.807) is 24.3 Å². The molecule has 0 heterocycles. The van der Waals surface area contributed by atoms with Crippen LogP contribution in [0.4, 0.5) is 0 Å². The molecule has 23 heavy (non-hydrogen) atoms. The lowest BCUT2D eigenvalue weighted by molar-refractivity contribution is -0.120. The largest absolute Gasteiger partial charge is 0.350 e. The summed E-state index contributed by atoms with van der Waals surface area (Å²) in [6.45, 7) is 0.176. The second kappa shape index (κ2) is 8.20. The molecule has 120 valence electrons. The zero-order valence-corrected chi connectivity index (χ0v) is 14.2. The van der Waals surface area contributed by atoms with E-state index in [-0.39, 0.29) is 23.0 Å². The van der Waals surface area contributed by atoms with Gasteiger partial charge in [0.2, 0.25) is 5.91 Å². The predicted octanol–water partition coefficient (Wildman–Crippen LogP) is 3.69. The second-order valence-corrected chi connectivity index (χ2v) is 5.99. The maximum atomic E-state index is 12.0. The van der Waals surface area contributed by atoms with Gasteiger partial charge in [0.25, 0.3) is 5.91 Å². The Bertz CT molecular complexity index is 735. The predicted molar refractivity (Wildman–Crippen MR) is 92.1 cm³/mol. The van der Waals surface area contributed by atoms with Gasteiger partial charge in [0.1, 0.15) is 0 Å². The highest BCUT2D eigenvalue weighted by molar-refractivity contribution is 6.36. The van der Waals surface area contributed by atoms with Gasteiger partial charge in [-0.3, -0.25) is 9.59 Å². The maximum Gasteiger partial charge on any atom is 0.253 e. The van der Waals surface area contributed by atoms with Gasteiger partial charge in [0, 0.05) is 16.6 Å². The zero-order valence-electron chi connectivity index (χ0n) is 11.9. The maximum absolute atomic E-state index is 12.0. The Balaban J connectivity index is 1.83. The first-order valence-electron chi connectivity index (χ1n) is 6.70. The van der Waals surface area contributed by atoms with E-state index in [0.29, 0.717) is 16.6 Å². The fourth-order valence-corrected chi connectivity index (χ4v) is 2.55. The molecular formula is C16H13Cl3N2O2. The molecular weight excluding hydrogens is 359 g/mol. The van der Waals surface area contributed by atoms with Crippen molar-refractivity contribution < 1.29 is 9.59 Å². The van der Waals surface area contributed by atoms with Crippen molar-refractivity contribution in [1.82, 2.24) is 10.6 Å². The molecule has 2 amide bonds. The minimum Gasteiger partial charge on any atom is -0.350 e. The van der Waals surface area contributed by atoms with Gasteiger partial charge in [-0.05, 0) is 35.9 Å². The molecule has 0 saturated carbocycles. The van der Waals surface area contributed by atoms with Crippen molar-refractivity contribution in [2.24, 2.45) is 0 Å². The fourth-order valence-electron chi connectivity index (χ4n) is 1.84. The van der Waals surface area contributed by atoms with Crippen LogP contribution >= 0.6 is 34.8 Å². The topological polar surface area (TPSA) is 58.2 Å². The highest BCUT2D eigenvalue weighted by atomic mass is 35.5. The minimum atomic E-state index is -0.440. The summed E-state index contributed by atoms with van der Waals surface area (Å²) in [5, 5.41) is 6.46. The van der Waals surface area contributed by atoms with Gasteiger partial charge in [0.15, 0.2) is 0 Å². The Hall–Kier alpha value is -1.75. The average Bonchev–Trinajstić information content (AvgIpc) is 2.50. The van der Waals surface area contributed by atoms with E-state index in [0.717, 1.165) is 5.56 Å². The lowest BCUT2D eigenvalue weighted by Crippen LogP contribution is -2.36. The lowest BCUT2D eigenvalue weighted by Gasteiger charge is -2.08. The van der Waals surface area contributed by atoms with Crippen LogP contribution in [0.25, 0.3) is 0 Å². The van der Waals surface area contributed by atoms with E-state index in [4.69, 9.17) is 34.8 Å². The summed E-state index contributed by atoms with van der Waals surface area (Å²) in [7, 11) is 0. The van der Waals surface area contributed by atoms with E-state index in [9.17, 15) is 9.59 Å². The van der Waals surface area contributed by atoms with E-state index in [2.05, 4.69) is 10.6 Å². The first-order valence-corrected chi connectivity index (χ1v) is 7.83. The van der Waals surface area contributed by atoms with Crippen LogP contribution in [0, 0.1) is 0 Å². The summed E-state index contributed by atoms with van der Waals surface area (Å²) in [4.78, 5) is 23.7. The fraction of sp³-hybridized carbons (Fsp3) is 0.125. The van der Waals surface area contributed by atoms with Crippen LogP contribution in [0.2, 0.25) is 15.1 Å². The van der Waals surface area contributed by atoms with Gasteiger partial charge in [-0.1, -0.05) is 46.9 Å². The number of nitrogens with one attached hydrogen (secondary N) is 2. The third kappa shape index (κ3) is 5.43. The summed E-state index contributed by atoms with van der Waals surface area (Å²) < 4.78 is 0. The van der Waals surface area contributed by atoms with Gasteiger partial charge < -0.3 is 10.6 Å². The Labute approximate surface area is 148 Å². The van der Waals surface area contributed by atoms with Gasteiger partial charge in [-0.25, -0.2) is 0 Å². The average molecular weight is 372 g/mol. The first-order chi connectivity index (χ1) is 11.0. The van der Waals surface area contributed by atoms with Gasteiger partial charge in [-0.15, -0.1) is 0 Å². The number of benzene rings is 2. The Kier molecular flexibility index (Phi) is 6.28. The third-order valence-corrected chi connectivity index (χ3v) is 3.75. The van der Waals surface area contributed by atoms with E-state index >= 15 is 0 Å². The van der Waals surface area contributed by atoms with Crippen molar-refractivity contribution in [3.63, 3.8) is 0 Å². The highest BCUT2D eigenvalue weighted by Crippen LogP contribution is 2.20. The van der Waals surface area contributed by atoms with E-state index in [1.165, 1.54) is 12.1 Å². The summed E-state index contributed by atoms with van der Waals surface area (Å²) in [6.07, 6.45) is 0. The number of amides is 2. The normalized spacial score (nSPS) is 10.2. The standard InChI is InChI=1S/C16H13Cl3N2O2/c17-11-3-1-2-10(6-11)8-20-15(22)9-21-16(23)13-5-4-12(18)7-14(13)19/h1-7H,8-9H2,(H,20,22)(H,21,23). The van der Waals surface area contributed by atoms with Crippen LogP contribution in [0.15, 0.2) is 42.5 Å². The smallest absolute Gasteiger partial charge is 0.253 e. The minimum absolute atomic E-state index is 0.154. The molecule has 2 aromatic carbocycles. The molecule has 4 nitrogen and oxygen atoms in total. The SMILES string of the molecule is O=C(CNC(=O)c1ccc(Cl)cc1Cl)NCc1cccc(Cl)c1. The summed E-state index contributed by atoms with van der Waals surface area (Å²) in [5.41, 5.74) is 1.14. The van der Waals surface area contributed by atoms with Crippen LogP contribution in [0.3, 0.4) is 0 Å². The molecule has 0 fully saturated rings. The highest BCUT2D eigenvalue weighted by Gasteiger charge is 2.12. The van der Waals surface area contributed by atoms with Crippen LogP contribution < -0.4 is 10.6 Å². The molecule has 0 radical (unpaired) electrons. The quantitative estimate of drug-likeness (QED) is 0.842. The number of hydrogen-bond donors (Lipinski definition) is 2.